The molecule has 0 fully saturated rings. The Morgan fingerprint density at radius 1 is 1.07 bits per heavy atom. The molecule has 1 heteroatoms. The third-order valence-electron chi connectivity index (χ3n) is 2.86. The van der Waals surface area contributed by atoms with Crippen LogP contribution in [0.1, 0.15) is 60.8 Å². The summed E-state index contributed by atoms with van der Waals surface area (Å²) >= 11 is 0. The van der Waals surface area contributed by atoms with Crippen LogP contribution in [0.15, 0.2) is 0 Å². The third kappa shape index (κ3) is 4.99. The molecule has 86 valence electrons. The monoisotopic (exact) mass is 199 g/mol. The van der Waals surface area contributed by atoms with Crippen molar-refractivity contribution < 1.29 is 0 Å². The summed E-state index contributed by atoms with van der Waals surface area (Å²) in [5.74, 6) is 0.784. The normalized spacial score (nSPS) is 16.7. The Bertz CT molecular complexity index is 135. The van der Waals surface area contributed by atoms with Gasteiger partial charge in [0.2, 0.25) is 0 Å². The van der Waals surface area contributed by atoms with E-state index in [0.717, 1.165) is 12.5 Å². The van der Waals surface area contributed by atoms with Crippen LogP contribution < -0.4 is 5.32 Å². The van der Waals surface area contributed by atoms with E-state index in [-0.39, 0.29) is 0 Å². The predicted molar refractivity (Wildman–Crippen MR) is 65.6 cm³/mol. The molecule has 0 saturated heterocycles. The molecular weight excluding hydrogens is 170 g/mol. The molecule has 0 saturated carbocycles. The lowest BCUT2D eigenvalue weighted by Crippen LogP contribution is -2.45. The van der Waals surface area contributed by atoms with Crippen molar-refractivity contribution in [2.24, 2.45) is 11.3 Å². The largest absolute Gasteiger partial charge is 0.313 e. The second-order valence-electron chi connectivity index (χ2n) is 5.56. The van der Waals surface area contributed by atoms with Gasteiger partial charge in [0.05, 0.1) is 0 Å². The molecule has 0 heterocycles. The van der Waals surface area contributed by atoms with Gasteiger partial charge in [-0.25, -0.2) is 0 Å². The molecule has 0 bridgehead atoms. The van der Waals surface area contributed by atoms with E-state index in [2.05, 4.69) is 46.9 Å². The molecule has 1 nitrogen and oxygen atoms in total. The quantitative estimate of drug-likeness (QED) is 0.685. The smallest absolute Gasteiger partial charge is 0.0141 e. The summed E-state index contributed by atoms with van der Waals surface area (Å²) in [6, 6.07) is 0.655. The Labute approximate surface area is 90.7 Å². The topological polar surface area (TPSA) is 12.0 Å². The minimum atomic E-state index is 0.379. The molecular formula is C13H29N. The molecule has 2 unspecified atom stereocenters. The van der Waals surface area contributed by atoms with E-state index in [1.54, 1.807) is 0 Å². The van der Waals surface area contributed by atoms with E-state index in [1.165, 1.54) is 19.3 Å². The van der Waals surface area contributed by atoms with Crippen molar-refractivity contribution in [1.82, 2.24) is 5.32 Å². The van der Waals surface area contributed by atoms with Crippen molar-refractivity contribution in [2.75, 3.05) is 6.54 Å². The first-order valence-electron chi connectivity index (χ1n) is 6.16. The van der Waals surface area contributed by atoms with Gasteiger partial charge in [-0.3, -0.25) is 0 Å². The summed E-state index contributed by atoms with van der Waals surface area (Å²) in [6.07, 6.45) is 3.85. The standard InChI is InChI=1S/C13H29N/c1-7-9-11(3)12(13(4,5)6)14-10-8-2/h11-12,14H,7-10H2,1-6H3. The summed E-state index contributed by atoms with van der Waals surface area (Å²) in [5.41, 5.74) is 0.379. The molecule has 0 aliphatic carbocycles. The van der Waals surface area contributed by atoms with Gasteiger partial charge in [0.15, 0.2) is 0 Å². The lowest BCUT2D eigenvalue weighted by molar-refractivity contribution is 0.194. The average molecular weight is 199 g/mol. The molecule has 0 spiro atoms. The maximum atomic E-state index is 3.69. The van der Waals surface area contributed by atoms with Gasteiger partial charge in [-0.15, -0.1) is 0 Å². The SMILES string of the molecule is CCCNC(C(C)CCC)C(C)(C)C. The molecule has 14 heavy (non-hydrogen) atoms. The van der Waals surface area contributed by atoms with Gasteiger partial charge in [0.1, 0.15) is 0 Å². The summed E-state index contributed by atoms with van der Waals surface area (Å²) in [5, 5.41) is 3.69. The van der Waals surface area contributed by atoms with Gasteiger partial charge >= 0.3 is 0 Å². The van der Waals surface area contributed by atoms with Crippen molar-refractivity contribution in [3.63, 3.8) is 0 Å². The van der Waals surface area contributed by atoms with Gasteiger partial charge in [0, 0.05) is 6.04 Å². The fourth-order valence-electron chi connectivity index (χ4n) is 2.28. The summed E-state index contributed by atoms with van der Waals surface area (Å²) in [4.78, 5) is 0. The fraction of sp³-hybridized carbons (Fsp3) is 1.00. The van der Waals surface area contributed by atoms with Crippen LogP contribution >= 0.6 is 0 Å². The van der Waals surface area contributed by atoms with Gasteiger partial charge in [-0.2, -0.15) is 0 Å². The van der Waals surface area contributed by atoms with Crippen molar-refractivity contribution in [3.05, 3.63) is 0 Å². The van der Waals surface area contributed by atoms with E-state index in [0.29, 0.717) is 11.5 Å². The Balaban J connectivity index is 4.23. The number of hydrogen-bond acceptors (Lipinski definition) is 1. The lowest BCUT2D eigenvalue weighted by atomic mass is 9.78. The number of nitrogens with one attached hydrogen (secondary N) is 1. The highest BCUT2D eigenvalue weighted by Gasteiger charge is 2.28. The highest BCUT2D eigenvalue weighted by Crippen LogP contribution is 2.27. The van der Waals surface area contributed by atoms with E-state index >= 15 is 0 Å². The van der Waals surface area contributed by atoms with Crippen LogP contribution in [-0.4, -0.2) is 12.6 Å². The summed E-state index contributed by atoms with van der Waals surface area (Å²) in [6.45, 7) is 15.1. The van der Waals surface area contributed by atoms with Crippen LogP contribution in [0.25, 0.3) is 0 Å². The van der Waals surface area contributed by atoms with Crippen molar-refractivity contribution in [3.8, 4) is 0 Å². The van der Waals surface area contributed by atoms with Crippen LogP contribution in [0.5, 0.6) is 0 Å². The van der Waals surface area contributed by atoms with Crippen LogP contribution in [0, 0.1) is 11.3 Å². The second-order valence-corrected chi connectivity index (χ2v) is 5.56. The molecule has 0 aromatic carbocycles. The molecule has 0 radical (unpaired) electrons. The fourth-order valence-corrected chi connectivity index (χ4v) is 2.28. The Morgan fingerprint density at radius 2 is 1.64 bits per heavy atom. The lowest BCUT2D eigenvalue weighted by Gasteiger charge is -2.36. The average Bonchev–Trinajstić information content (AvgIpc) is 2.03. The molecule has 0 aromatic heterocycles. The first-order valence-corrected chi connectivity index (χ1v) is 6.16. The van der Waals surface area contributed by atoms with Gasteiger partial charge in [0.25, 0.3) is 0 Å². The predicted octanol–water partition coefficient (Wildman–Crippen LogP) is 3.84. The highest BCUT2D eigenvalue weighted by molar-refractivity contribution is 4.84. The first kappa shape index (κ1) is 14.0. The summed E-state index contributed by atoms with van der Waals surface area (Å²) in [7, 11) is 0. The van der Waals surface area contributed by atoms with Crippen LogP contribution in [0.3, 0.4) is 0 Å². The molecule has 1 N–H and O–H groups in total. The van der Waals surface area contributed by atoms with Crippen LogP contribution in [-0.2, 0) is 0 Å². The first-order chi connectivity index (χ1) is 6.43. The van der Waals surface area contributed by atoms with Crippen LogP contribution in [0.2, 0.25) is 0 Å². The molecule has 0 aliphatic heterocycles. The van der Waals surface area contributed by atoms with E-state index < -0.39 is 0 Å². The molecule has 2 atom stereocenters. The van der Waals surface area contributed by atoms with Crippen molar-refractivity contribution >= 4 is 0 Å². The van der Waals surface area contributed by atoms with Gasteiger partial charge in [-0.1, -0.05) is 48.0 Å². The number of hydrogen-bond donors (Lipinski definition) is 1. The van der Waals surface area contributed by atoms with Crippen LogP contribution in [0.4, 0.5) is 0 Å². The zero-order valence-electron chi connectivity index (χ0n) is 11.0. The van der Waals surface area contributed by atoms with E-state index in [1.807, 2.05) is 0 Å². The van der Waals surface area contributed by atoms with E-state index in [4.69, 9.17) is 0 Å². The highest BCUT2D eigenvalue weighted by atomic mass is 14.9. The zero-order chi connectivity index (χ0) is 11.2. The van der Waals surface area contributed by atoms with Crippen molar-refractivity contribution in [2.45, 2.75) is 66.8 Å². The van der Waals surface area contributed by atoms with Crippen molar-refractivity contribution in [1.29, 1.82) is 0 Å². The second kappa shape index (κ2) is 6.44. The minimum Gasteiger partial charge on any atom is -0.313 e. The number of rotatable bonds is 6. The molecule has 0 amide bonds. The Hall–Kier alpha value is -0.0400. The molecule has 0 aromatic rings. The maximum absolute atomic E-state index is 3.69. The third-order valence-corrected chi connectivity index (χ3v) is 2.86. The van der Waals surface area contributed by atoms with Gasteiger partial charge in [-0.05, 0) is 30.7 Å². The maximum Gasteiger partial charge on any atom is 0.0141 e. The molecule has 0 rings (SSSR count). The zero-order valence-corrected chi connectivity index (χ0v) is 11.0. The van der Waals surface area contributed by atoms with E-state index in [9.17, 15) is 0 Å². The minimum absolute atomic E-state index is 0.379. The summed E-state index contributed by atoms with van der Waals surface area (Å²) < 4.78 is 0. The Kier molecular flexibility index (Phi) is 6.43. The van der Waals surface area contributed by atoms with Gasteiger partial charge < -0.3 is 5.32 Å². The Morgan fingerprint density at radius 3 is 2.00 bits per heavy atom. The molecule has 0 aliphatic rings.